The summed E-state index contributed by atoms with van der Waals surface area (Å²) in [6.45, 7) is 0.699. The Hall–Kier alpha value is -2.87. The maximum atomic E-state index is 12.8. The van der Waals surface area contributed by atoms with Crippen LogP contribution < -0.4 is 10.1 Å². The summed E-state index contributed by atoms with van der Waals surface area (Å²) in [6, 6.07) is 12.2. The van der Waals surface area contributed by atoms with Crippen LogP contribution >= 0.6 is 11.3 Å². The van der Waals surface area contributed by atoms with Crippen molar-refractivity contribution in [2.24, 2.45) is 5.92 Å². The van der Waals surface area contributed by atoms with Crippen molar-refractivity contribution >= 4 is 17.2 Å². The zero-order valence-corrected chi connectivity index (χ0v) is 16.7. The molecule has 0 unspecified atom stereocenters. The molecule has 4 nitrogen and oxygen atoms in total. The van der Waals surface area contributed by atoms with Crippen LogP contribution in [-0.2, 0) is 12.8 Å². The summed E-state index contributed by atoms with van der Waals surface area (Å²) in [6.07, 6.45) is -2.06. The summed E-state index contributed by atoms with van der Waals surface area (Å²) >= 11 is 1.36. The molecule has 30 heavy (non-hydrogen) atoms. The van der Waals surface area contributed by atoms with E-state index in [9.17, 15) is 18.0 Å². The molecule has 0 spiro atoms. The quantitative estimate of drug-likeness (QED) is 0.533. The molecule has 0 saturated heterocycles. The summed E-state index contributed by atoms with van der Waals surface area (Å²) in [5.41, 5.74) is 0.889. The Balaban J connectivity index is 1.41. The minimum atomic E-state index is -4.39. The molecule has 0 bridgehead atoms. The molecule has 0 atom stereocenters. The topological polar surface area (TPSA) is 51.2 Å². The summed E-state index contributed by atoms with van der Waals surface area (Å²) in [5, 5.41) is 5.28. The molecule has 1 fully saturated rings. The largest absolute Gasteiger partial charge is 0.489 e. The molecule has 4 rings (SSSR count). The average Bonchev–Trinajstić information content (AvgIpc) is 3.43. The predicted molar refractivity (Wildman–Crippen MR) is 108 cm³/mol. The van der Waals surface area contributed by atoms with E-state index >= 15 is 0 Å². The smallest absolute Gasteiger partial charge is 0.416 e. The standard InChI is InChI=1S/C22H19F3N2O2S/c23-22(24,25)17-5-1-3-15(9-17)12-29-18-6-2-4-16(10-18)21-27-19(13-30-21)20(28)26-11-14-7-8-14/h1-6,9-10,13-14H,7-8,11-12H2,(H,26,28). The Morgan fingerprint density at radius 1 is 1.17 bits per heavy atom. The zero-order chi connectivity index (χ0) is 21.1. The molecule has 8 heteroatoms. The van der Waals surface area contributed by atoms with Gasteiger partial charge in [0.2, 0.25) is 0 Å². The van der Waals surface area contributed by atoms with Crippen LogP contribution in [0.1, 0.15) is 34.5 Å². The molecule has 1 aromatic heterocycles. The number of carbonyl (C=O) groups excluding carboxylic acids is 1. The highest BCUT2D eigenvalue weighted by molar-refractivity contribution is 7.13. The first-order chi connectivity index (χ1) is 14.4. The number of benzene rings is 2. The van der Waals surface area contributed by atoms with Gasteiger partial charge in [0.25, 0.3) is 5.91 Å². The number of hydrogen-bond acceptors (Lipinski definition) is 4. The third-order valence-corrected chi connectivity index (χ3v) is 5.62. The van der Waals surface area contributed by atoms with Gasteiger partial charge < -0.3 is 10.1 Å². The van der Waals surface area contributed by atoms with Gasteiger partial charge in [-0.25, -0.2) is 4.98 Å². The molecule has 156 valence electrons. The van der Waals surface area contributed by atoms with E-state index in [2.05, 4.69) is 10.3 Å². The van der Waals surface area contributed by atoms with Gasteiger partial charge in [0, 0.05) is 17.5 Å². The van der Waals surface area contributed by atoms with Gasteiger partial charge in [0.15, 0.2) is 0 Å². The normalized spacial score (nSPS) is 13.8. The molecule has 1 amide bonds. The third kappa shape index (κ3) is 5.18. The summed E-state index contributed by atoms with van der Waals surface area (Å²) in [4.78, 5) is 16.6. The van der Waals surface area contributed by atoms with Crippen LogP contribution in [0, 0.1) is 5.92 Å². The molecule has 1 N–H and O–H groups in total. The molecular formula is C22H19F3N2O2S. The van der Waals surface area contributed by atoms with Crippen molar-refractivity contribution < 1.29 is 22.7 Å². The Morgan fingerprint density at radius 3 is 2.73 bits per heavy atom. The third-order valence-electron chi connectivity index (χ3n) is 4.73. The van der Waals surface area contributed by atoms with E-state index in [0.717, 1.165) is 30.5 Å². The van der Waals surface area contributed by atoms with Crippen molar-refractivity contribution in [2.45, 2.75) is 25.6 Å². The fourth-order valence-electron chi connectivity index (χ4n) is 2.88. The maximum absolute atomic E-state index is 12.8. The highest BCUT2D eigenvalue weighted by atomic mass is 32.1. The number of nitrogens with one attached hydrogen (secondary N) is 1. The number of carbonyl (C=O) groups is 1. The monoisotopic (exact) mass is 432 g/mol. The first kappa shape index (κ1) is 20.4. The van der Waals surface area contributed by atoms with Gasteiger partial charge in [-0.1, -0.05) is 24.3 Å². The molecule has 1 saturated carbocycles. The van der Waals surface area contributed by atoms with E-state index in [1.807, 2.05) is 6.07 Å². The molecular weight excluding hydrogens is 413 g/mol. The Labute approximate surface area is 175 Å². The van der Waals surface area contributed by atoms with Crippen molar-refractivity contribution in [3.05, 3.63) is 70.7 Å². The minimum absolute atomic E-state index is 0.0140. The van der Waals surface area contributed by atoms with Crippen molar-refractivity contribution in [1.29, 1.82) is 0 Å². The summed E-state index contributed by atoms with van der Waals surface area (Å²) in [5.74, 6) is 0.930. The van der Waals surface area contributed by atoms with Gasteiger partial charge in [-0.15, -0.1) is 11.3 Å². The molecule has 3 aromatic rings. The first-order valence-electron chi connectivity index (χ1n) is 9.51. The number of halogens is 3. The molecule has 1 aliphatic rings. The molecule has 2 aromatic carbocycles. The summed E-state index contributed by atoms with van der Waals surface area (Å²) in [7, 11) is 0. The average molecular weight is 432 g/mol. The van der Waals surface area contributed by atoms with Gasteiger partial charge >= 0.3 is 6.18 Å². The van der Waals surface area contributed by atoms with Crippen LogP contribution in [0.25, 0.3) is 10.6 Å². The number of thiazole rings is 1. The molecule has 1 heterocycles. The fraction of sp³-hybridized carbons (Fsp3) is 0.273. The second-order valence-corrected chi connectivity index (χ2v) is 8.06. The zero-order valence-electron chi connectivity index (χ0n) is 15.9. The van der Waals surface area contributed by atoms with Crippen LogP contribution in [0.2, 0.25) is 0 Å². The van der Waals surface area contributed by atoms with Gasteiger partial charge in [0.05, 0.1) is 5.56 Å². The number of nitrogens with zero attached hydrogens (tertiary/aromatic N) is 1. The number of hydrogen-bond donors (Lipinski definition) is 1. The second-order valence-electron chi connectivity index (χ2n) is 7.21. The van der Waals surface area contributed by atoms with Crippen molar-refractivity contribution in [3.8, 4) is 16.3 Å². The van der Waals surface area contributed by atoms with Crippen LogP contribution in [-0.4, -0.2) is 17.4 Å². The number of aromatic nitrogens is 1. The van der Waals surface area contributed by atoms with E-state index in [1.165, 1.54) is 17.4 Å². The Morgan fingerprint density at radius 2 is 1.97 bits per heavy atom. The van der Waals surface area contributed by atoms with E-state index in [4.69, 9.17) is 4.74 Å². The minimum Gasteiger partial charge on any atom is -0.489 e. The Bertz CT molecular complexity index is 1040. The molecule has 0 aliphatic heterocycles. The van der Waals surface area contributed by atoms with Gasteiger partial charge in [-0.2, -0.15) is 13.2 Å². The lowest BCUT2D eigenvalue weighted by molar-refractivity contribution is -0.137. The maximum Gasteiger partial charge on any atom is 0.416 e. The van der Waals surface area contributed by atoms with Crippen molar-refractivity contribution in [3.63, 3.8) is 0 Å². The van der Waals surface area contributed by atoms with E-state index in [0.29, 0.717) is 34.5 Å². The lowest BCUT2D eigenvalue weighted by Gasteiger charge is -2.10. The highest BCUT2D eigenvalue weighted by Crippen LogP contribution is 2.31. The highest BCUT2D eigenvalue weighted by Gasteiger charge is 2.30. The van der Waals surface area contributed by atoms with Crippen LogP contribution in [0.3, 0.4) is 0 Å². The van der Waals surface area contributed by atoms with Gasteiger partial charge in [0.1, 0.15) is 23.1 Å². The van der Waals surface area contributed by atoms with Crippen molar-refractivity contribution in [2.75, 3.05) is 6.54 Å². The van der Waals surface area contributed by atoms with Gasteiger partial charge in [-0.3, -0.25) is 4.79 Å². The number of rotatable bonds is 7. The predicted octanol–water partition coefficient (Wildman–Crippen LogP) is 5.55. The van der Waals surface area contributed by atoms with Crippen molar-refractivity contribution in [1.82, 2.24) is 10.3 Å². The van der Waals surface area contributed by atoms with Crippen LogP contribution in [0.5, 0.6) is 5.75 Å². The van der Waals surface area contributed by atoms with Crippen LogP contribution in [0.15, 0.2) is 53.9 Å². The SMILES string of the molecule is O=C(NCC1CC1)c1csc(-c2cccc(OCc3cccc(C(F)(F)F)c3)c2)n1. The lowest BCUT2D eigenvalue weighted by Crippen LogP contribution is -2.25. The molecule has 1 aliphatic carbocycles. The van der Waals surface area contributed by atoms with E-state index in [-0.39, 0.29) is 12.5 Å². The van der Waals surface area contributed by atoms with E-state index < -0.39 is 11.7 Å². The fourth-order valence-corrected chi connectivity index (χ4v) is 3.68. The van der Waals surface area contributed by atoms with E-state index in [1.54, 1.807) is 29.6 Å². The lowest BCUT2D eigenvalue weighted by atomic mass is 10.1. The number of amides is 1. The summed E-state index contributed by atoms with van der Waals surface area (Å²) < 4.78 is 44.2. The number of alkyl halides is 3. The van der Waals surface area contributed by atoms with Crippen LogP contribution in [0.4, 0.5) is 13.2 Å². The number of ether oxygens (including phenoxy) is 1. The Kier molecular flexibility index (Phi) is 5.76. The first-order valence-corrected chi connectivity index (χ1v) is 10.4. The van der Waals surface area contributed by atoms with Gasteiger partial charge in [-0.05, 0) is 48.6 Å². The molecule has 0 radical (unpaired) electrons. The second kappa shape index (κ2) is 8.47.